The molecule has 0 aromatic carbocycles. The van der Waals surface area contributed by atoms with Crippen LogP contribution in [0.4, 0.5) is 0 Å². The fourth-order valence-electron chi connectivity index (χ4n) is 1.42. The van der Waals surface area contributed by atoms with Crippen molar-refractivity contribution in [2.75, 3.05) is 0 Å². The maximum absolute atomic E-state index is 5.73. The quantitative estimate of drug-likeness (QED) is 0.535. The van der Waals surface area contributed by atoms with Crippen molar-refractivity contribution in [1.29, 1.82) is 0 Å². The standard InChI is InChI=1S/2C7H15O.Cu/c2*1-4-5-6-7(2,3)8;/h2*4-6H2,1-3H3;/q2*-1;+2. The van der Waals surface area contributed by atoms with Crippen molar-refractivity contribution in [3.63, 3.8) is 0 Å². The first kappa shape index (κ1) is 17.4. The average Bonchev–Trinajstić information content (AvgIpc) is 2.23. The molecular formula is C14H30CuO2. The van der Waals surface area contributed by atoms with E-state index in [0.717, 1.165) is 12.8 Å². The Morgan fingerprint density at radius 2 is 1.12 bits per heavy atom. The zero-order valence-electron chi connectivity index (χ0n) is 12.4. The van der Waals surface area contributed by atoms with Crippen LogP contribution in [0.5, 0.6) is 0 Å². The monoisotopic (exact) mass is 293 g/mol. The molecule has 0 bridgehead atoms. The van der Waals surface area contributed by atoms with Crippen LogP contribution < -0.4 is 0 Å². The van der Waals surface area contributed by atoms with Crippen molar-refractivity contribution in [2.45, 2.75) is 91.3 Å². The second-order valence-electron chi connectivity index (χ2n) is 5.90. The van der Waals surface area contributed by atoms with Crippen molar-refractivity contribution in [2.24, 2.45) is 0 Å². The Balaban J connectivity index is 3.80. The van der Waals surface area contributed by atoms with Gasteiger partial charge in [-0.05, 0) is 0 Å². The number of hydrogen-bond acceptors (Lipinski definition) is 2. The first-order valence-electron chi connectivity index (χ1n) is 6.78. The molecule has 0 heterocycles. The van der Waals surface area contributed by atoms with Crippen molar-refractivity contribution < 1.29 is 23.3 Å². The summed E-state index contributed by atoms with van der Waals surface area (Å²) in [5, 5.41) is 0. The molecule has 0 fully saturated rings. The number of rotatable bonds is 10. The zero-order valence-corrected chi connectivity index (χ0v) is 13.3. The van der Waals surface area contributed by atoms with Crippen molar-refractivity contribution in [1.82, 2.24) is 0 Å². The van der Waals surface area contributed by atoms with Crippen LogP contribution >= 0.6 is 0 Å². The first-order valence-corrected chi connectivity index (χ1v) is 7.54. The summed E-state index contributed by atoms with van der Waals surface area (Å²) >= 11 is 1.26. The van der Waals surface area contributed by atoms with Gasteiger partial charge in [-0.15, -0.1) is 0 Å². The van der Waals surface area contributed by atoms with Crippen molar-refractivity contribution in [3.8, 4) is 0 Å². The Morgan fingerprint density at radius 3 is 1.41 bits per heavy atom. The van der Waals surface area contributed by atoms with E-state index in [4.69, 9.17) is 7.64 Å². The summed E-state index contributed by atoms with van der Waals surface area (Å²) < 4.78 is 11.5. The molecule has 2 nitrogen and oxygen atoms in total. The third-order valence-corrected chi connectivity index (χ3v) is 3.85. The van der Waals surface area contributed by atoms with E-state index in [1.54, 1.807) is 0 Å². The van der Waals surface area contributed by atoms with Gasteiger partial charge in [-0.3, -0.25) is 0 Å². The third kappa shape index (κ3) is 10.1. The van der Waals surface area contributed by atoms with E-state index in [-0.39, 0.29) is 11.2 Å². The van der Waals surface area contributed by atoms with E-state index < -0.39 is 0 Å². The molecule has 0 aliphatic rings. The van der Waals surface area contributed by atoms with Crippen LogP contribution in [0.25, 0.3) is 0 Å². The molecule has 109 valence electrons. The van der Waals surface area contributed by atoms with Crippen LogP contribution in [0, 0.1) is 0 Å². The van der Waals surface area contributed by atoms with Gasteiger partial charge in [0.2, 0.25) is 0 Å². The molecule has 0 unspecified atom stereocenters. The van der Waals surface area contributed by atoms with Crippen LogP contribution in [0.3, 0.4) is 0 Å². The molecule has 0 spiro atoms. The zero-order chi connectivity index (χ0) is 13.4. The molecule has 0 aliphatic heterocycles. The van der Waals surface area contributed by atoms with Crippen LogP contribution in [-0.2, 0) is 23.3 Å². The van der Waals surface area contributed by atoms with Gasteiger partial charge in [0.15, 0.2) is 0 Å². The molecular weight excluding hydrogens is 264 g/mol. The molecule has 17 heavy (non-hydrogen) atoms. The Kier molecular flexibility index (Phi) is 8.75. The first-order chi connectivity index (χ1) is 7.83. The summed E-state index contributed by atoms with van der Waals surface area (Å²) in [4.78, 5) is 0. The number of hydrogen-bond donors (Lipinski definition) is 0. The van der Waals surface area contributed by atoms with Gasteiger partial charge < -0.3 is 0 Å². The molecule has 0 aromatic heterocycles. The fourth-order valence-corrected chi connectivity index (χ4v) is 2.07. The molecule has 0 N–H and O–H groups in total. The van der Waals surface area contributed by atoms with Crippen molar-refractivity contribution in [3.05, 3.63) is 0 Å². The van der Waals surface area contributed by atoms with E-state index in [0.29, 0.717) is 0 Å². The number of unbranched alkanes of at least 4 members (excludes halogenated alkanes) is 2. The summed E-state index contributed by atoms with van der Waals surface area (Å²) in [7, 11) is 0. The SMILES string of the molecule is CCCCC(C)(C)[O][Cu][O]C(C)(C)CCCC. The molecule has 0 amide bonds. The van der Waals surface area contributed by atoms with Gasteiger partial charge in [0, 0.05) is 0 Å². The minimum absolute atomic E-state index is 0.100. The third-order valence-electron chi connectivity index (χ3n) is 2.65. The molecule has 0 aliphatic carbocycles. The summed E-state index contributed by atoms with van der Waals surface area (Å²) in [5.74, 6) is 0. The predicted octanol–water partition coefficient (Wildman–Crippen LogP) is 4.87. The van der Waals surface area contributed by atoms with Crippen LogP contribution in [0.15, 0.2) is 0 Å². The molecule has 0 atom stereocenters. The van der Waals surface area contributed by atoms with E-state index in [1.807, 2.05) is 0 Å². The van der Waals surface area contributed by atoms with Gasteiger partial charge in [-0.1, -0.05) is 0 Å². The predicted molar refractivity (Wildman–Crippen MR) is 69.4 cm³/mol. The minimum atomic E-state index is -0.100. The van der Waals surface area contributed by atoms with Crippen LogP contribution in [-0.4, -0.2) is 11.2 Å². The van der Waals surface area contributed by atoms with Gasteiger partial charge in [0.25, 0.3) is 0 Å². The topological polar surface area (TPSA) is 18.5 Å². The molecule has 3 heteroatoms. The maximum atomic E-state index is 5.73. The van der Waals surface area contributed by atoms with E-state index in [9.17, 15) is 0 Å². The van der Waals surface area contributed by atoms with Gasteiger partial charge in [-0.25, -0.2) is 0 Å². The van der Waals surface area contributed by atoms with Crippen LogP contribution in [0.1, 0.15) is 80.1 Å². The van der Waals surface area contributed by atoms with E-state index in [2.05, 4.69) is 41.5 Å². The fraction of sp³-hybridized carbons (Fsp3) is 1.00. The summed E-state index contributed by atoms with van der Waals surface area (Å²) in [6, 6.07) is 0. The second-order valence-corrected chi connectivity index (χ2v) is 6.44. The van der Waals surface area contributed by atoms with Gasteiger partial charge in [0.1, 0.15) is 0 Å². The van der Waals surface area contributed by atoms with Crippen molar-refractivity contribution >= 4 is 0 Å². The molecule has 0 saturated carbocycles. The summed E-state index contributed by atoms with van der Waals surface area (Å²) in [6.07, 6.45) is 6.97. The van der Waals surface area contributed by atoms with Gasteiger partial charge in [-0.2, -0.15) is 0 Å². The molecule has 0 aromatic rings. The second kappa shape index (κ2) is 8.53. The summed E-state index contributed by atoms with van der Waals surface area (Å²) in [5.41, 5.74) is -0.201. The molecule has 0 radical (unpaired) electrons. The molecule has 0 rings (SSSR count). The van der Waals surface area contributed by atoms with E-state index >= 15 is 0 Å². The Bertz CT molecular complexity index is 171. The average molecular weight is 294 g/mol. The van der Waals surface area contributed by atoms with E-state index in [1.165, 1.54) is 41.3 Å². The summed E-state index contributed by atoms with van der Waals surface area (Å²) in [6.45, 7) is 12.9. The van der Waals surface area contributed by atoms with Gasteiger partial charge >= 0.3 is 115 Å². The molecule has 0 saturated heterocycles. The normalized spacial score (nSPS) is 13.3. The van der Waals surface area contributed by atoms with Gasteiger partial charge in [0.05, 0.1) is 0 Å². The Labute approximate surface area is 115 Å². The Hall–Kier alpha value is 0.439. The Morgan fingerprint density at radius 1 is 0.765 bits per heavy atom. The van der Waals surface area contributed by atoms with Crippen LogP contribution in [0.2, 0.25) is 0 Å².